The molecule has 16 heavy (non-hydrogen) atoms. The largest absolute Gasteiger partial charge is 0.281 e. The van der Waals surface area contributed by atoms with E-state index < -0.39 is 0 Å². The Morgan fingerprint density at radius 3 is 2.31 bits per heavy atom. The Kier molecular flexibility index (Phi) is 4.00. The van der Waals surface area contributed by atoms with Crippen LogP contribution in [0.25, 0.3) is 0 Å². The topological polar surface area (TPSA) is 17.1 Å². The molecule has 0 heterocycles. The van der Waals surface area contributed by atoms with E-state index in [4.69, 9.17) is 11.6 Å². The fourth-order valence-electron chi connectivity index (χ4n) is 2.50. The molecule has 0 saturated heterocycles. The standard InChI is InChI=1S/C14H17ClO/c15-14(16)10-11-6-8-13(9-7-11)12-4-2-1-3-5-12/h6-9,12H,1-5,10H2. The van der Waals surface area contributed by atoms with Crippen LogP contribution in [-0.2, 0) is 11.2 Å². The molecule has 1 aliphatic carbocycles. The molecule has 1 saturated carbocycles. The number of hydrogen-bond acceptors (Lipinski definition) is 1. The quantitative estimate of drug-likeness (QED) is 0.724. The van der Waals surface area contributed by atoms with Gasteiger partial charge in [-0.05, 0) is 41.5 Å². The van der Waals surface area contributed by atoms with Crippen LogP contribution in [0, 0.1) is 0 Å². The molecule has 1 fully saturated rings. The predicted molar refractivity (Wildman–Crippen MR) is 66.8 cm³/mol. The van der Waals surface area contributed by atoms with Crippen LogP contribution < -0.4 is 0 Å². The first-order valence-corrected chi connectivity index (χ1v) is 6.40. The third kappa shape index (κ3) is 3.08. The van der Waals surface area contributed by atoms with Crippen LogP contribution in [0.3, 0.4) is 0 Å². The molecule has 1 nitrogen and oxygen atoms in total. The molecular weight excluding hydrogens is 220 g/mol. The zero-order valence-corrected chi connectivity index (χ0v) is 10.2. The lowest BCUT2D eigenvalue weighted by atomic mass is 9.84. The Bertz CT molecular complexity index is 350. The summed E-state index contributed by atoms with van der Waals surface area (Å²) in [6.07, 6.45) is 7.06. The molecule has 0 unspecified atom stereocenters. The van der Waals surface area contributed by atoms with Crippen molar-refractivity contribution in [3.05, 3.63) is 35.4 Å². The van der Waals surface area contributed by atoms with Gasteiger partial charge in [0.25, 0.3) is 0 Å². The fraction of sp³-hybridized carbons (Fsp3) is 0.500. The summed E-state index contributed by atoms with van der Waals surface area (Å²) in [5.41, 5.74) is 2.44. The van der Waals surface area contributed by atoms with Gasteiger partial charge in [-0.2, -0.15) is 0 Å². The molecule has 0 spiro atoms. The van der Waals surface area contributed by atoms with E-state index in [9.17, 15) is 4.79 Å². The smallest absolute Gasteiger partial charge is 0.226 e. The van der Waals surface area contributed by atoms with Gasteiger partial charge in [0.05, 0.1) is 0 Å². The zero-order valence-electron chi connectivity index (χ0n) is 9.42. The van der Waals surface area contributed by atoms with E-state index in [0.717, 1.165) is 11.5 Å². The van der Waals surface area contributed by atoms with Crippen LogP contribution >= 0.6 is 11.6 Å². The summed E-state index contributed by atoms with van der Waals surface area (Å²) in [6.45, 7) is 0. The second-order valence-electron chi connectivity index (χ2n) is 4.61. The Hall–Kier alpha value is -0.820. The second kappa shape index (κ2) is 5.49. The SMILES string of the molecule is O=C(Cl)Cc1ccc(C2CCCCC2)cc1. The number of benzene rings is 1. The summed E-state index contributed by atoms with van der Waals surface area (Å²) in [6, 6.07) is 8.38. The molecule has 0 aromatic heterocycles. The number of carbonyl (C=O) groups is 1. The molecule has 0 atom stereocenters. The van der Waals surface area contributed by atoms with Crippen molar-refractivity contribution in [2.24, 2.45) is 0 Å². The second-order valence-corrected chi connectivity index (χ2v) is 5.03. The molecule has 0 radical (unpaired) electrons. The van der Waals surface area contributed by atoms with Crippen LogP contribution in [0.1, 0.15) is 49.1 Å². The zero-order chi connectivity index (χ0) is 11.4. The van der Waals surface area contributed by atoms with Crippen LogP contribution in [0.15, 0.2) is 24.3 Å². The molecule has 0 N–H and O–H groups in total. The van der Waals surface area contributed by atoms with Gasteiger partial charge in [0.15, 0.2) is 0 Å². The van der Waals surface area contributed by atoms with Crippen molar-refractivity contribution in [1.29, 1.82) is 0 Å². The van der Waals surface area contributed by atoms with Gasteiger partial charge >= 0.3 is 0 Å². The summed E-state index contributed by atoms with van der Waals surface area (Å²) in [4.78, 5) is 10.8. The van der Waals surface area contributed by atoms with Crippen molar-refractivity contribution >= 4 is 16.8 Å². The molecule has 86 valence electrons. The molecule has 1 aromatic rings. The van der Waals surface area contributed by atoms with Gasteiger partial charge in [0.2, 0.25) is 5.24 Å². The van der Waals surface area contributed by atoms with E-state index >= 15 is 0 Å². The van der Waals surface area contributed by atoms with Crippen molar-refractivity contribution in [3.8, 4) is 0 Å². The predicted octanol–water partition coefficient (Wildman–Crippen LogP) is 4.04. The molecule has 1 aliphatic rings. The molecule has 0 bridgehead atoms. The lowest BCUT2D eigenvalue weighted by molar-refractivity contribution is -0.111. The Morgan fingerprint density at radius 2 is 1.75 bits per heavy atom. The first kappa shape index (κ1) is 11.7. The Balaban J connectivity index is 2.03. The van der Waals surface area contributed by atoms with Gasteiger partial charge in [0.1, 0.15) is 0 Å². The molecule has 0 amide bonds. The minimum atomic E-state index is -0.287. The maximum Gasteiger partial charge on any atom is 0.226 e. The highest BCUT2D eigenvalue weighted by atomic mass is 35.5. The number of rotatable bonds is 3. The minimum absolute atomic E-state index is 0.287. The molecule has 0 aliphatic heterocycles. The Labute approximate surface area is 102 Å². The van der Waals surface area contributed by atoms with Gasteiger partial charge in [-0.3, -0.25) is 4.79 Å². The minimum Gasteiger partial charge on any atom is -0.281 e. The summed E-state index contributed by atoms with van der Waals surface area (Å²) in [7, 11) is 0. The molecule has 1 aromatic carbocycles. The third-order valence-corrected chi connectivity index (χ3v) is 3.53. The Morgan fingerprint density at radius 1 is 1.12 bits per heavy atom. The average molecular weight is 237 g/mol. The average Bonchev–Trinajstić information content (AvgIpc) is 2.30. The van der Waals surface area contributed by atoms with Crippen molar-refractivity contribution < 1.29 is 4.79 Å². The van der Waals surface area contributed by atoms with Crippen LogP contribution in [0.5, 0.6) is 0 Å². The molecular formula is C14H17ClO. The number of halogens is 1. The summed E-state index contributed by atoms with van der Waals surface area (Å²) < 4.78 is 0. The highest BCUT2D eigenvalue weighted by Gasteiger charge is 2.15. The molecule has 2 rings (SSSR count). The van der Waals surface area contributed by atoms with E-state index in [1.807, 2.05) is 12.1 Å². The lowest BCUT2D eigenvalue weighted by Gasteiger charge is -2.22. The van der Waals surface area contributed by atoms with Crippen molar-refractivity contribution in [1.82, 2.24) is 0 Å². The van der Waals surface area contributed by atoms with Gasteiger partial charge in [0, 0.05) is 6.42 Å². The van der Waals surface area contributed by atoms with E-state index in [1.165, 1.54) is 37.7 Å². The first-order chi connectivity index (χ1) is 7.75. The van der Waals surface area contributed by atoms with Gasteiger partial charge in [-0.15, -0.1) is 0 Å². The third-order valence-electron chi connectivity index (χ3n) is 3.40. The van der Waals surface area contributed by atoms with E-state index in [0.29, 0.717) is 6.42 Å². The van der Waals surface area contributed by atoms with Crippen LogP contribution in [-0.4, -0.2) is 5.24 Å². The summed E-state index contributed by atoms with van der Waals surface area (Å²) >= 11 is 5.36. The monoisotopic (exact) mass is 236 g/mol. The maximum atomic E-state index is 10.8. The normalized spacial score (nSPS) is 17.3. The van der Waals surface area contributed by atoms with E-state index in [1.54, 1.807) is 0 Å². The van der Waals surface area contributed by atoms with Gasteiger partial charge in [-0.25, -0.2) is 0 Å². The highest BCUT2D eigenvalue weighted by Crippen LogP contribution is 2.32. The maximum absolute atomic E-state index is 10.8. The number of hydrogen-bond donors (Lipinski definition) is 0. The number of carbonyl (C=O) groups excluding carboxylic acids is 1. The molecule has 2 heteroatoms. The highest BCUT2D eigenvalue weighted by molar-refractivity contribution is 6.63. The first-order valence-electron chi connectivity index (χ1n) is 6.03. The van der Waals surface area contributed by atoms with E-state index in [-0.39, 0.29) is 5.24 Å². The van der Waals surface area contributed by atoms with Crippen LogP contribution in [0.2, 0.25) is 0 Å². The van der Waals surface area contributed by atoms with Crippen molar-refractivity contribution in [2.45, 2.75) is 44.4 Å². The summed E-state index contributed by atoms with van der Waals surface area (Å²) in [5.74, 6) is 0.731. The van der Waals surface area contributed by atoms with E-state index in [2.05, 4.69) is 12.1 Å². The van der Waals surface area contributed by atoms with Crippen molar-refractivity contribution in [3.63, 3.8) is 0 Å². The lowest BCUT2D eigenvalue weighted by Crippen LogP contribution is -2.04. The summed E-state index contributed by atoms with van der Waals surface area (Å²) in [5, 5.41) is -0.287. The fourth-order valence-corrected chi connectivity index (χ4v) is 2.66. The van der Waals surface area contributed by atoms with Gasteiger partial charge in [-0.1, -0.05) is 43.5 Å². The van der Waals surface area contributed by atoms with Crippen LogP contribution in [0.4, 0.5) is 0 Å². The van der Waals surface area contributed by atoms with Crippen molar-refractivity contribution in [2.75, 3.05) is 0 Å². The van der Waals surface area contributed by atoms with Gasteiger partial charge < -0.3 is 0 Å².